The van der Waals surface area contributed by atoms with Gasteiger partial charge in [0.15, 0.2) is 5.82 Å². The zero-order chi connectivity index (χ0) is 97.9. The van der Waals surface area contributed by atoms with E-state index in [1.807, 2.05) is 6.20 Å². The fraction of sp³-hybridized carbons (Fsp3) is 0.953. The average Bonchev–Trinajstić information content (AvgIpc) is 0.925. The number of nitrogens with one attached hydrogen (secondary N) is 1. The number of tetrazole rings is 1. The highest BCUT2D eigenvalue weighted by Crippen LogP contribution is 2.45. The van der Waals surface area contributed by atoms with Crippen LogP contribution in [0.15, 0.2) is 12.4 Å². The molecule has 1 N–H and O–H groups in total. The summed E-state index contributed by atoms with van der Waals surface area (Å²) in [5.74, 6) is 3.13. The van der Waals surface area contributed by atoms with Crippen LogP contribution in [-0.4, -0.2) is 388 Å². The Morgan fingerprint density at radius 2 is 0.817 bits per heavy atom. The first-order valence-electron chi connectivity index (χ1n) is 52.2. The molecule has 10 aliphatic heterocycles. The average molecular weight is 1850 g/mol. The Morgan fingerprint density at radius 1 is 0.382 bits per heavy atom. The number of aryl methyl sites for hydroxylation is 1. The highest BCUT2D eigenvalue weighted by atomic mass is 16.5. The molecule has 25 heteroatoms. The Morgan fingerprint density at radius 3 is 1.27 bits per heavy atom. The first-order chi connectivity index (χ1) is 60.3. The molecule has 10 saturated heterocycles. The van der Waals surface area contributed by atoms with Crippen molar-refractivity contribution >= 4 is 0 Å². The first kappa shape index (κ1) is 117. The second-order valence-corrected chi connectivity index (χ2v) is 52.3. The van der Waals surface area contributed by atoms with Crippen LogP contribution in [0.4, 0.5) is 0 Å². The van der Waals surface area contributed by atoms with E-state index in [1.54, 1.807) is 11.0 Å². The third kappa shape index (κ3) is 46.9. The standard InChI is InChI=1S/C19H39N3O.C19H38N2O2.C18H31N3O2.C18H36N2O.C16H32N2O.C12H24N6.C4H10/c1-18(2,3)22-11-9-21(10-12-22)16-17-7-8-20(15-17)13-14-23-19(4,5)6;1-17(2,3)21-11-8-19(9-12-21)16-20(13-15-23-19)10-7-14-22-18(4,5)6;1-17(2,3)15-11-20-16(12-19-15)23-14-7-8-21(13-14)9-10-22-18(4,5)6;1-16(2,3)20-14-18(15-20)8-11-19(12-9-18)10-7-13-21-17(4,5)6;1-14(2,3)18-12-16(13-18)10-17(11-16)8-7-9-19-15(4,5)6;1-12(2,3)11-14-16-18(15-11)8-4-7-17-9-5-13-6-10-17;1-4(2)3/h17H,7-16H2,1-6H3;7-16H2,1-6H3;11-12,14H,7-10,13H2,1-6H3;7-15H2,1-6H3;7-13H2,1-6H3;13H,4-10H2,1-3H3;4H,1-3H3/t17-;;14-;;;;/m1.0..../s1. The van der Waals surface area contributed by atoms with Gasteiger partial charge in [0.2, 0.25) is 5.88 Å². The van der Waals surface area contributed by atoms with Crippen molar-refractivity contribution < 1.29 is 33.2 Å². The summed E-state index contributed by atoms with van der Waals surface area (Å²) in [6.07, 6.45) is 15.8. The minimum Gasteiger partial charge on any atom is -0.472 e. The smallest absolute Gasteiger partial charge is 0.232 e. The molecule has 0 amide bonds. The number of piperazine rings is 2. The molecule has 0 aromatic carbocycles. The third-order valence-electron chi connectivity index (χ3n) is 26.6. The SMILES string of the molecule is CC(C)(C)OCCCN1CC2(C1)CN(C(C)(C)C)C2.CC(C)(C)OCCCN1CCC2(CC1)CN(C(C)(C)C)C2.CC(C)(C)OCCCN1CCOC2(CCN(C(C)(C)C)CC2)C1.CC(C)(C)OCCN1CC[C@@H](CN2CCN(C(C)(C)C)CC2)C1.CC(C)(C)OCCN1CC[C@H](Oc2cnc(C(C)(C)C)cn2)C1.CC(C)(C)c1nnn(CCCN2CCNCC2)n1.CC(C)C. The van der Waals surface area contributed by atoms with Crippen molar-refractivity contribution in [2.75, 3.05) is 243 Å². The van der Waals surface area contributed by atoms with Crippen molar-refractivity contribution in [2.24, 2.45) is 22.7 Å². The van der Waals surface area contributed by atoms with Crippen LogP contribution in [0, 0.1) is 22.7 Å². The summed E-state index contributed by atoms with van der Waals surface area (Å²) in [4.78, 5) is 39.0. The maximum absolute atomic E-state index is 6.26. The van der Waals surface area contributed by atoms with Gasteiger partial charge in [-0.15, -0.1) is 10.2 Å². The largest absolute Gasteiger partial charge is 0.472 e. The molecular weight excluding hydrogens is 1640 g/mol. The van der Waals surface area contributed by atoms with Gasteiger partial charge in [0.25, 0.3) is 0 Å². The molecular formula is C106H210N18O7. The Kier molecular flexibility index (Phi) is 46.1. The molecule has 10 fully saturated rings. The highest BCUT2D eigenvalue weighted by Gasteiger charge is 2.54. The summed E-state index contributed by atoms with van der Waals surface area (Å²) in [7, 11) is 0. The lowest BCUT2D eigenvalue weighted by Gasteiger charge is -2.63. The number of piperidine rings is 2. The van der Waals surface area contributed by atoms with Crippen LogP contribution in [0.3, 0.4) is 0 Å². The number of ether oxygens (including phenoxy) is 7. The van der Waals surface area contributed by atoms with E-state index < -0.39 is 0 Å². The van der Waals surface area contributed by atoms with Crippen molar-refractivity contribution in [1.82, 2.24) is 89.4 Å². The van der Waals surface area contributed by atoms with E-state index in [1.165, 1.54) is 150 Å². The van der Waals surface area contributed by atoms with Crippen LogP contribution < -0.4 is 10.1 Å². The van der Waals surface area contributed by atoms with Crippen LogP contribution in [0.2, 0.25) is 0 Å². The fourth-order valence-electron chi connectivity index (χ4n) is 18.5. The minimum absolute atomic E-state index is 0.00808. The highest BCUT2D eigenvalue weighted by molar-refractivity contribution is 5.14. The second-order valence-electron chi connectivity index (χ2n) is 52.3. The molecule has 0 unspecified atom stereocenters. The van der Waals surface area contributed by atoms with Crippen LogP contribution in [0.1, 0.15) is 325 Å². The number of morpholine rings is 1. The molecule has 10 aliphatic rings. The van der Waals surface area contributed by atoms with E-state index in [0.29, 0.717) is 33.3 Å². The summed E-state index contributed by atoms with van der Waals surface area (Å²) in [5, 5.41) is 16.0. The van der Waals surface area contributed by atoms with Gasteiger partial charge in [-0.3, -0.25) is 34.4 Å². The second kappa shape index (κ2) is 51.6. The van der Waals surface area contributed by atoms with E-state index in [-0.39, 0.29) is 56.1 Å². The summed E-state index contributed by atoms with van der Waals surface area (Å²) >= 11 is 0. The zero-order valence-electron chi connectivity index (χ0n) is 92.3. The van der Waals surface area contributed by atoms with E-state index in [2.05, 4.69) is 334 Å². The van der Waals surface area contributed by atoms with E-state index in [4.69, 9.17) is 33.2 Å². The lowest BCUT2D eigenvalue weighted by molar-refractivity contribution is -0.145. The third-order valence-corrected chi connectivity index (χ3v) is 26.6. The van der Waals surface area contributed by atoms with Crippen molar-refractivity contribution in [1.29, 1.82) is 0 Å². The van der Waals surface area contributed by atoms with Crippen molar-refractivity contribution in [3.63, 3.8) is 0 Å². The Hall–Kier alpha value is -2.77. The maximum atomic E-state index is 6.26. The van der Waals surface area contributed by atoms with Gasteiger partial charge in [0.1, 0.15) is 6.10 Å². The van der Waals surface area contributed by atoms with Gasteiger partial charge in [-0.1, -0.05) is 62.3 Å². The number of rotatable bonds is 26. The molecule has 0 radical (unpaired) electrons. The monoisotopic (exact) mass is 1850 g/mol. The van der Waals surface area contributed by atoms with E-state index >= 15 is 0 Å². The topological polar surface area (TPSA) is 182 Å². The van der Waals surface area contributed by atoms with Gasteiger partial charge in [-0.05, 0) is 293 Å². The quantitative estimate of drug-likeness (QED) is 0.0877. The zero-order valence-corrected chi connectivity index (χ0v) is 92.3. The Bertz CT molecular complexity index is 3380. The molecule has 131 heavy (non-hydrogen) atoms. The van der Waals surface area contributed by atoms with Gasteiger partial charge >= 0.3 is 0 Å². The predicted molar refractivity (Wildman–Crippen MR) is 547 cm³/mol. The molecule has 12 heterocycles. The van der Waals surface area contributed by atoms with Crippen molar-refractivity contribution in [3.05, 3.63) is 23.9 Å². The molecule has 3 spiro atoms. The van der Waals surface area contributed by atoms with Crippen LogP contribution in [0.25, 0.3) is 0 Å². The lowest BCUT2D eigenvalue weighted by Crippen LogP contribution is -2.74. The summed E-state index contributed by atoms with van der Waals surface area (Å²) in [6, 6.07) is 0. The number of aromatic nitrogens is 6. The fourth-order valence-corrected chi connectivity index (χ4v) is 18.5. The molecule has 766 valence electrons. The van der Waals surface area contributed by atoms with Gasteiger partial charge in [-0.25, -0.2) is 4.98 Å². The number of likely N-dealkylation sites (tertiary alicyclic amines) is 7. The van der Waals surface area contributed by atoms with Gasteiger partial charge in [0, 0.05) is 241 Å². The normalized spacial score (nSPS) is 22.5. The molecule has 2 aromatic rings. The summed E-state index contributed by atoms with van der Waals surface area (Å²) < 4.78 is 41.3. The molecule has 0 bridgehead atoms. The van der Waals surface area contributed by atoms with Crippen LogP contribution in [-0.2, 0) is 45.8 Å². The predicted octanol–water partition coefficient (Wildman–Crippen LogP) is 16.7. The van der Waals surface area contributed by atoms with Crippen molar-refractivity contribution in [3.8, 4) is 5.88 Å². The minimum atomic E-state index is -0.0694. The van der Waals surface area contributed by atoms with Crippen LogP contribution in [0.5, 0.6) is 5.88 Å². The molecule has 0 saturated carbocycles. The van der Waals surface area contributed by atoms with E-state index in [0.717, 1.165) is 187 Å². The van der Waals surface area contributed by atoms with Gasteiger partial charge in [0.05, 0.1) is 78.1 Å². The Labute approximate surface area is 805 Å². The number of hydrogen-bond acceptors (Lipinski definition) is 24. The molecule has 12 rings (SSSR count). The lowest BCUT2D eigenvalue weighted by atomic mass is 9.70. The number of nitrogens with zero attached hydrogens (tertiary/aromatic N) is 17. The number of hydrogen-bond donors (Lipinski definition) is 1. The van der Waals surface area contributed by atoms with E-state index in [9.17, 15) is 0 Å². The molecule has 2 atom stereocenters. The molecule has 25 nitrogen and oxygen atoms in total. The summed E-state index contributed by atoms with van der Waals surface area (Å²) in [5.41, 5.74) is 3.59. The first-order valence-corrected chi connectivity index (χ1v) is 52.2. The van der Waals surface area contributed by atoms with Gasteiger partial charge < -0.3 is 63.0 Å². The summed E-state index contributed by atoms with van der Waals surface area (Å²) in [6.45, 7) is 122. The molecule has 0 aliphatic carbocycles. The van der Waals surface area contributed by atoms with Crippen LogP contribution >= 0.6 is 0 Å². The maximum Gasteiger partial charge on any atom is 0.232 e. The van der Waals surface area contributed by atoms with Crippen molar-refractivity contribution in [2.45, 2.75) is 393 Å². The molecule has 2 aromatic heterocycles. The Balaban J connectivity index is 0.000000240. The van der Waals surface area contributed by atoms with Gasteiger partial charge in [-0.2, -0.15) is 4.80 Å².